The lowest BCUT2D eigenvalue weighted by Gasteiger charge is -2.06. The highest BCUT2D eigenvalue weighted by molar-refractivity contribution is 7.15. The lowest BCUT2D eigenvalue weighted by molar-refractivity contribution is 0.898. The van der Waals surface area contributed by atoms with Crippen LogP contribution in [0.25, 0.3) is 16.6 Å². The minimum atomic E-state index is 0.486. The average Bonchev–Trinajstić information content (AvgIpc) is 3.19. The highest BCUT2D eigenvalue weighted by Crippen LogP contribution is 2.25. The van der Waals surface area contributed by atoms with Gasteiger partial charge in [0, 0.05) is 18.9 Å². The Morgan fingerprint density at radius 2 is 2.24 bits per heavy atom. The van der Waals surface area contributed by atoms with E-state index in [-0.39, 0.29) is 0 Å². The molecule has 3 aromatic heterocycles. The fraction of sp³-hybridized carbons (Fsp3) is 0.154. The molecule has 0 saturated carbocycles. The molecule has 0 saturated heterocycles. The van der Waals surface area contributed by atoms with Crippen LogP contribution in [0.5, 0.6) is 0 Å². The van der Waals surface area contributed by atoms with Crippen molar-refractivity contribution in [1.29, 1.82) is 5.26 Å². The summed E-state index contributed by atoms with van der Waals surface area (Å²) in [5, 5.41) is 12.0. The number of imidazole rings is 1. The topological polar surface area (TPSA) is 92.3 Å². The number of thiophene rings is 1. The first-order valence-corrected chi connectivity index (χ1v) is 7.10. The molecule has 3 rings (SSSR count). The first kappa shape index (κ1) is 13.2. The zero-order valence-electron chi connectivity index (χ0n) is 11.2. The van der Waals surface area contributed by atoms with Crippen molar-refractivity contribution >= 4 is 17.3 Å². The molecule has 104 valence electrons. The summed E-state index contributed by atoms with van der Waals surface area (Å²) >= 11 is 1.35. The Balaban J connectivity index is 2.09. The van der Waals surface area contributed by atoms with Crippen LogP contribution >= 0.6 is 11.3 Å². The quantitative estimate of drug-likeness (QED) is 0.792. The van der Waals surface area contributed by atoms with Crippen molar-refractivity contribution in [2.45, 2.75) is 6.92 Å². The van der Waals surface area contributed by atoms with Gasteiger partial charge in [0.15, 0.2) is 5.82 Å². The summed E-state index contributed by atoms with van der Waals surface area (Å²) in [5.74, 6) is 1.52. The first-order chi connectivity index (χ1) is 10.3. The number of hydrogen-bond donors (Lipinski definition) is 1. The molecule has 0 bridgehead atoms. The third-order valence-electron chi connectivity index (χ3n) is 2.63. The van der Waals surface area contributed by atoms with Crippen LogP contribution in [0.1, 0.15) is 11.8 Å². The molecule has 0 aliphatic carbocycles. The third-order valence-corrected chi connectivity index (χ3v) is 3.62. The largest absolute Gasteiger partial charge is 0.354 e. The molecule has 0 aromatic carbocycles. The van der Waals surface area contributed by atoms with Gasteiger partial charge in [-0.05, 0) is 19.1 Å². The molecular weight excluding hydrogens is 286 g/mol. The standard InChI is InChI=1S/C13H11N7S/c1-2-16-12-17-11(10-4-3-9(7-14)21-10)18-13(19-12)20-6-5-15-8-20/h3-6,8H,2H2,1H3,(H,16,17,18,19). The van der Waals surface area contributed by atoms with Crippen LogP contribution in [-0.2, 0) is 0 Å². The van der Waals surface area contributed by atoms with E-state index >= 15 is 0 Å². The Hall–Kier alpha value is -2.79. The summed E-state index contributed by atoms with van der Waals surface area (Å²) in [5.41, 5.74) is 0. The number of aromatic nitrogens is 5. The van der Waals surface area contributed by atoms with E-state index in [1.165, 1.54) is 11.3 Å². The van der Waals surface area contributed by atoms with Crippen LogP contribution in [0.3, 0.4) is 0 Å². The average molecular weight is 297 g/mol. The number of nitrogens with zero attached hydrogens (tertiary/aromatic N) is 6. The second-order valence-corrected chi connectivity index (χ2v) is 5.14. The molecule has 8 heteroatoms. The van der Waals surface area contributed by atoms with E-state index in [0.29, 0.717) is 29.1 Å². The summed E-state index contributed by atoms with van der Waals surface area (Å²) < 4.78 is 1.71. The lowest BCUT2D eigenvalue weighted by atomic mass is 10.4. The van der Waals surface area contributed by atoms with Gasteiger partial charge >= 0.3 is 0 Å². The van der Waals surface area contributed by atoms with Crippen molar-refractivity contribution in [3.63, 3.8) is 0 Å². The van der Waals surface area contributed by atoms with Gasteiger partial charge in [0.05, 0.1) is 4.88 Å². The van der Waals surface area contributed by atoms with Crippen molar-refractivity contribution in [2.75, 3.05) is 11.9 Å². The van der Waals surface area contributed by atoms with Gasteiger partial charge in [0.25, 0.3) is 0 Å². The summed E-state index contributed by atoms with van der Waals surface area (Å²) in [4.78, 5) is 18.6. The van der Waals surface area contributed by atoms with E-state index in [1.807, 2.05) is 13.0 Å². The molecule has 0 unspecified atom stereocenters. The molecule has 0 spiro atoms. The highest BCUT2D eigenvalue weighted by atomic mass is 32.1. The van der Waals surface area contributed by atoms with Gasteiger partial charge in [-0.3, -0.25) is 4.57 Å². The number of nitriles is 1. The molecule has 0 fully saturated rings. The fourth-order valence-electron chi connectivity index (χ4n) is 1.72. The van der Waals surface area contributed by atoms with Crippen LogP contribution < -0.4 is 5.32 Å². The maximum absolute atomic E-state index is 8.92. The van der Waals surface area contributed by atoms with Gasteiger partial charge in [-0.15, -0.1) is 11.3 Å². The van der Waals surface area contributed by atoms with Gasteiger partial charge in [-0.1, -0.05) is 0 Å². The van der Waals surface area contributed by atoms with Gasteiger partial charge in [-0.2, -0.15) is 20.2 Å². The second-order valence-electron chi connectivity index (χ2n) is 4.06. The predicted molar refractivity (Wildman–Crippen MR) is 79.1 cm³/mol. The zero-order chi connectivity index (χ0) is 14.7. The van der Waals surface area contributed by atoms with Crippen LogP contribution in [-0.4, -0.2) is 31.0 Å². The third kappa shape index (κ3) is 2.73. The summed E-state index contributed by atoms with van der Waals surface area (Å²) in [6.07, 6.45) is 5.06. The summed E-state index contributed by atoms with van der Waals surface area (Å²) in [6.45, 7) is 2.68. The molecule has 0 aliphatic heterocycles. The monoisotopic (exact) mass is 297 g/mol. The molecule has 21 heavy (non-hydrogen) atoms. The predicted octanol–water partition coefficient (Wildman–Crippen LogP) is 2.09. The Kier molecular flexibility index (Phi) is 3.57. The number of rotatable bonds is 4. The van der Waals surface area contributed by atoms with Crippen molar-refractivity contribution in [1.82, 2.24) is 24.5 Å². The Morgan fingerprint density at radius 1 is 1.33 bits per heavy atom. The number of hydrogen-bond acceptors (Lipinski definition) is 7. The van der Waals surface area contributed by atoms with Crippen molar-refractivity contribution in [2.24, 2.45) is 0 Å². The second kappa shape index (κ2) is 5.68. The van der Waals surface area contributed by atoms with Crippen LogP contribution in [0, 0.1) is 11.3 Å². The normalized spacial score (nSPS) is 10.3. The molecule has 0 atom stereocenters. The van der Waals surface area contributed by atoms with Gasteiger partial charge in [0.1, 0.15) is 17.3 Å². The van der Waals surface area contributed by atoms with Gasteiger partial charge in [0.2, 0.25) is 11.9 Å². The van der Waals surface area contributed by atoms with E-state index in [0.717, 1.165) is 4.88 Å². The van der Waals surface area contributed by atoms with Crippen LogP contribution in [0.2, 0.25) is 0 Å². The van der Waals surface area contributed by atoms with Gasteiger partial charge < -0.3 is 5.32 Å². The zero-order valence-corrected chi connectivity index (χ0v) is 12.0. The molecular formula is C13H11N7S. The van der Waals surface area contributed by atoms with Gasteiger partial charge in [-0.25, -0.2) is 4.98 Å². The molecule has 0 aliphatic rings. The van der Waals surface area contributed by atoms with Crippen molar-refractivity contribution in [3.05, 3.63) is 35.7 Å². The fourth-order valence-corrected chi connectivity index (χ4v) is 2.46. The molecule has 1 N–H and O–H groups in total. The Labute approximate surface area is 125 Å². The van der Waals surface area contributed by atoms with Crippen molar-refractivity contribution in [3.8, 4) is 22.7 Å². The molecule has 7 nitrogen and oxygen atoms in total. The van der Waals surface area contributed by atoms with E-state index in [1.54, 1.807) is 29.4 Å². The molecule has 3 aromatic rings. The molecule has 3 heterocycles. The highest BCUT2D eigenvalue weighted by Gasteiger charge is 2.11. The van der Waals surface area contributed by atoms with Crippen molar-refractivity contribution < 1.29 is 0 Å². The summed E-state index contributed by atoms with van der Waals surface area (Å²) in [7, 11) is 0. The minimum Gasteiger partial charge on any atom is -0.354 e. The minimum absolute atomic E-state index is 0.486. The molecule has 0 radical (unpaired) electrons. The number of nitrogens with one attached hydrogen (secondary N) is 1. The van der Waals surface area contributed by atoms with E-state index < -0.39 is 0 Å². The first-order valence-electron chi connectivity index (χ1n) is 6.28. The molecule has 0 amide bonds. The van der Waals surface area contributed by atoms with Crippen LogP contribution in [0.4, 0.5) is 5.95 Å². The Bertz CT molecular complexity index is 785. The SMILES string of the molecule is CCNc1nc(-c2ccc(C#N)s2)nc(-n2ccnc2)n1. The number of anilines is 1. The van der Waals surface area contributed by atoms with E-state index in [4.69, 9.17) is 5.26 Å². The van der Waals surface area contributed by atoms with Crippen LogP contribution in [0.15, 0.2) is 30.9 Å². The summed E-state index contributed by atoms with van der Waals surface area (Å²) in [6, 6.07) is 5.71. The van der Waals surface area contributed by atoms with E-state index in [9.17, 15) is 0 Å². The lowest BCUT2D eigenvalue weighted by Crippen LogP contribution is -2.08. The smallest absolute Gasteiger partial charge is 0.240 e. The Morgan fingerprint density at radius 3 is 2.90 bits per heavy atom. The maximum Gasteiger partial charge on any atom is 0.240 e. The van der Waals surface area contributed by atoms with E-state index in [2.05, 4.69) is 31.3 Å². The maximum atomic E-state index is 8.92.